The topological polar surface area (TPSA) is 73.6 Å². The first-order valence-corrected chi connectivity index (χ1v) is 4.54. The Morgan fingerprint density at radius 3 is 2.73 bits per heavy atom. The van der Waals surface area contributed by atoms with E-state index in [-0.39, 0.29) is 0 Å². The van der Waals surface area contributed by atoms with E-state index in [4.69, 9.17) is 15.3 Å². The van der Waals surface area contributed by atoms with Crippen LogP contribution in [0, 0.1) is 0 Å². The summed E-state index contributed by atoms with van der Waals surface area (Å²) < 4.78 is 9.89. The molecule has 1 aromatic carbocycles. The predicted octanol–water partition coefficient (Wildman–Crippen LogP) is 1.16. The van der Waals surface area contributed by atoms with Crippen molar-refractivity contribution in [2.24, 2.45) is 5.84 Å². The summed E-state index contributed by atoms with van der Waals surface area (Å²) in [7, 11) is 1.52. The SMILES string of the molecule is CCOC(=O)c1cc(NN)cc(OC)c1. The minimum atomic E-state index is -0.395. The normalized spacial score (nSPS) is 9.53. The summed E-state index contributed by atoms with van der Waals surface area (Å²) in [5.41, 5.74) is 3.45. The van der Waals surface area contributed by atoms with Crippen LogP contribution >= 0.6 is 0 Å². The monoisotopic (exact) mass is 210 g/mol. The number of esters is 1. The number of hydrogen-bond donors (Lipinski definition) is 2. The van der Waals surface area contributed by atoms with Gasteiger partial charge in [0.2, 0.25) is 0 Å². The van der Waals surface area contributed by atoms with Crippen LogP contribution in [0.1, 0.15) is 17.3 Å². The quantitative estimate of drug-likeness (QED) is 0.443. The number of rotatable bonds is 4. The van der Waals surface area contributed by atoms with Crippen LogP contribution in [0.25, 0.3) is 0 Å². The minimum Gasteiger partial charge on any atom is -0.497 e. The Hall–Kier alpha value is -1.75. The van der Waals surface area contributed by atoms with E-state index in [0.717, 1.165) is 0 Å². The van der Waals surface area contributed by atoms with E-state index in [0.29, 0.717) is 23.6 Å². The van der Waals surface area contributed by atoms with E-state index in [1.54, 1.807) is 25.1 Å². The van der Waals surface area contributed by atoms with E-state index >= 15 is 0 Å². The van der Waals surface area contributed by atoms with Crippen LogP contribution in [0.4, 0.5) is 5.69 Å². The van der Waals surface area contributed by atoms with Crippen LogP contribution in [0.2, 0.25) is 0 Å². The zero-order valence-corrected chi connectivity index (χ0v) is 8.74. The van der Waals surface area contributed by atoms with Gasteiger partial charge in [-0.15, -0.1) is 0 Å². The number of carbonyl (C=O) groups is 1. The fraction of sp³-hybridized carbons (Fsp3) is 0.300. The van der Waals surface area contributed by atoms with Crippen molar-refractivity contribution >= 4 is 11.7 Å². The van der Waals surface area contributed by atoms with Gasteiger partial charge in [0.25, 0.3) is 0 Å². The van der Waals surface area contributed by atoms with E-state index in [1.165, 1.54) is 7.11 Å². The second-order valence-corrected chi connectivity index (χ2v) is 2.81. The van der Waals surface area contributed by atoms with Gasteiger partial charge in [0.15, 0.2) is 0 Å². The highest BCUT2D eigenvalue weighted by atomic mass is 16.5. The molecule has 1 rings (SSSR count). The first-order valence-electron chi connectivity index (χ1n) is 4.54. The summed E-state index contributed by atoms with van der Waals surface area (Å²) in [6, 6.07) is 4.88. The molecule has 0 bridgehead atoms. The minimum absolute atomic E-state index is 0.335. The highest BCUT2D eigenvalue weighted by Crippen LogP contribution is 2.20. The van der Waals surface area contributed by atoms with Crippen molar-refractivity contribution in [2.75, 3.05) is 19.1 Å². The Kier molecular flexibility index (Phi) is 3.93. The van der Waals surface area contributed by atoms with E-state index < -0.39 is 5.97 Å². The second-order valence-electron chi connectivity index (χ2n) is 2.81. The maximum Gasteiger partial charge on any atom is 0.338 e. The first-order chi connectivity index (χ1) is 7.21. The molecule has 0 spiro atoms. The average Bonchev–Trinajstić information content (AvgIpc) is 2.28. The number of nitrogen functional groups attached to an aromatic ring is 1. The molecule has 3 N–H and O–H groups in total. The molecule has 0 unspecified atom stereocenters. The van der Waals surface area contributed by atoms with Crippen LogP contribution in [-0.2, 0) is 4.74 Å². The zero-order valence-electron chi connectivity index (χ0n) is 8.74. The van der Waals surface area contributed by atoms with E-state index in [1.807, 2.05) is 0 Å². The smallest absolute Gasteiger partial charge is 0.338 e. The molecule has 0 aliphatic carbocycles. The number of ether oxygens (including phenoxy) is 2. The predicted molar refractivity (Wildman–Crippen MR) is 56.8 cm³/mol. The average molecular weight is 210 g/mol. The number of anilines is 1. The number of carbonyl (C=O) groups excluding carboxylic acids is 1. The molecule has 0 aliphatic heterocycles. The lowest BCUT2D eigenvalue weighted by atomic mass is 10.2. The van der Waals surface area contributed by atoms with Gasteiger partial charge < -0.3 is 14.9 Å². The molecular weight excluding hydrogens is 196 g/mol. The molecule has 0 aliphatic rings. The third kappa shape index (κ3) is 2.85. The Labute approximate surface area is 88.1 Å². The molecule has 5 nitrogen and oxygen atoms in total. The maximum atomic E-state index is 11.4. The summed E-state index contributed by atoms with van der Waals surface area (Å²) >= 11 is 0. The van der Waals surface area contributed by atoms with Gasteiger partial charge >= 0.3 is 5.97 Å². The molecule has 5 heteroatoms. The van der Waals surface area contributed by atoms with Gasteiger partial charge in [-0.1, -0.05) is 0 Å². The Morgan fingerprint density at radius 1 is 1.47 bits per heavy atom. The van der Waals surface area contributed by atoms with Crippen molar-refractivity contribution < 1.29 is 14.3 Å². The molecule has 0 fully saturated rings. The highest BCUT2D eigenvalue weighted by molar-refractivity contribution is 5.91. The lowest BCUT2D eigenvalue weighted by Crippen LogP contribution is -2.10. The van der Waals surface area contributed by atoms with Crippen molar-refractivity contribution in [3.8, 4) is 5.75 Å². The summed E-state index contributed by atoms with van der Waals surface area (Å²) in [6.07, 6.45) is 0. The number of methoxy groups -OCH3 is 1. The Bertz CT molecular complexity index is 330. The largest absolute Gasteiger partial charge is 0.497 e. The first kappa shape index (κ1) is 11.3. The molecule has 15 heavy (non-hydrogen) atoms. The lowest BCUT2D eigenvalue weighted by molar-refractivity contribution is 0.0526. The van der Waals surface area contributed by atoms with Crippen molar-refractivity contribution in [2.45, 2.75) is 6.92 Å². The molecule has 0 saturated carbocycles. The summed E-state index contributed by atoms with van der Waals surface area (Å²) in [5, 5.41) is 0. The number of hydrogen-bond acceptors (Lipinski definition) is 5. The van der Waals surface area contributed by atoms with E-state index in [9.17, 15) is 4.79 Å². The molecule has 0 heterocycles. The van der Waals surface area contributed by atoms with Gasteiger partial charge in [-0.25, -0.2) is 4.79 Å². The third-order valence-corrected chi connectivity index (χ3v) is 1.82. The van der Waals surface area contributed by atoms with Crippen molar-refractivity contribution in [3.05, 3.63) is 23.8 Å². The van der Waals surface area contributed by atoms with Gasteiger partial charge in [-0.05, 0) is 19.1 Å². The van der Waals surface area contributed by atoms with Crippen LogP contribution in [0.5, 0.6) is 5.75 Å². The van der Waals surface area contributed by atoms with Crippen LogP contribution in [-0.4, -0.2) is 19.7 Å². The van der Waals surface area contributed by atoms with E-state index in [2.05, 4.69) is 5.43 Å². The number of hydrazine groups is 1. The highest BCUT2D eigenvalue weighted by Gasteiger charge is 2.09. The molecule has 0 amide bonds. The third-order valence-electron chi connectivity index (χ3n) is 1.82. The number of benzene rings is 1. The molecule has 1 aromatic rings. The molecule has 82 valence electrons. The van der Waals surface area contributed by atoms with Crippen LogP contribution in [0.15, 0.2) is 18.2 Å². The standard InChI is InChI=1S/C10H14N2O3/c1-3-15-10(13)7-4-8(12-11)6-9(5-7)14-2/h4-6,12H,3,11H2,1-2H3. The summed E-state index contributed by atoms with van der Waals surface area (Å²) in [6.45, 7) is 2.08. The lowest BCUT2D eigenvalue weighted by Gasteiger charge is -2.07. The number of nitrogens with two attached hydrogens (primary N) is 1. The van der Waals surface area contributed by atoms with Crippen LogP contribution < -0.4 is 16.0 Å². The van der Waals surface area contributed by atoms with Gasteiger partial charge in [0.1, 0.15) is 5.75 Å². The zero-order chi connectivity index (χ0) is 11.3. The number of nitrogens with one attached hydrogen (secondary N) is 1. The van der Waals surface area contributed by atoms with Gasteiger partial charge in [0.05, 0.1) is 25.0 Å². The van der Waals surface area contributed by atoms with Crippen molar-refractivity contribution in [3.63, 3.8) is 0 Å². The fourth-order valence-corrected chi connectivity index (χ4v) is 1.13. The molecule has 0 aromatic heterocycles. The van der Waals surface area contributed by atoms with Crippen molar-refractivity contribution in [1.82, 2.24) is 0 Å². The fourth-order valence-electron chi connectivity index (χ4n) is 1.13. The van der Waals surface area contributed by atoms with Gasteiger partial charge in [0, 0.05) is 6.07 Å². The van der Waals surface area contributed by atoms with Gasteiger partial charge in [-0.3, -0.25) is 5.84 Å². The van der Waals surface area contributed by atoms with Crippen LogP contribution in [0.3, 0.4) is 0 Å². The molecule has 0 saturated heterocycles. The Morgan fingerprint density at radius 2 is 2.20 bits per heavy atom. The second kappa shape index (κ2) is 5.21. The molecule has 0 atom stereocenters. The molecule has 0 radical (unpaired) electrons. The summed E-state index contributed by atoms with van der Waals surface area (Å²) in [4.78, 5) is 11.4. The maximum absolute atomic E-state index is 11.4. The van der Waals surface area contributed by atoms with Crippen molar-refractivity contribution in [1.29, 1.82) is 0 Å². The van der Waals surface area contributed by atoms with Gasteiger partial charge in [-0.2, -0.15) is 0 Å². The Balaban J connectivity index is 3.01. The summed E-state index contributed by atoms with van der Waals surface area (Å²) in [5.74, 6) is 5.41. The molecular formula is C10H14N2O3.